The number of piperazine rings is 1. The first kappa shape index (κ1) is 18.8. The van der Waals surface area contributed by atoms with E-state index < -0.39 is 0 Å². The number of halogens is 1. The van der Waals surface area contributed by atoms with Crippen molar-refractivity contribution in [2.24, 2.45) is 0 Å². The molecule has 1 amide bonds. The van der Waals surface area contributed by atoms with Gasteiger partial charge in [0.1, 0.15) is 0 Å². The summed E-state index contributed by atoms with van der Waals surface area (Å²) in [4.78, 5) is 17.4. The van der Waals surface area contributed by atoms with E-state index in [0.29, 0.717) is 16.3 Å². The molecule has 28 heavy (non-hydrogen) atoms. The minimum Gasteiger partial charge on any atom is -0.368 e. The third-order valence-electron chi connectivity index (χ3n) is 5.38. The first-order valence-electron chi connectivity index (χ1n) is 9.71. The van der Waals surface area contributed by atoms with Gasteiger partial charge in [-0.2, -0.15) is 0 Å². The second-order valence-electron chi connectivity index (χ2n) is 7.10. The Labute approximate surface area is 170 Å². The maximum Gasteiger partial charge on any atom is 0.255 e. The van der Waals surface area contributed by atoms with Crippen molar-refractivity contribution in [3.8, 4) is 0 Å². The molecular weight excluding hydrogens is 370 g/mol. The minimum atomic E-state index is -0.133. The quantitative estimate of drug-likeness (QED) is 0.685. The van der Waals surface area contributed by atoms with Crippen LogP contribution in [-0.2, 0) is 0 Å². The largest absolute Gasteiger partial charge is 0.368 e. The molecule has 4 rings (SSSR count). The third kappa shape index (κ3) is 3.98. The normalized spacial score (nSPS) is 15.0. The Balaban J connectivity index is 1.47. The summed E-state index contributed by atoms with van der Waals surface area (Å²) in [5, 5.41) is 5.80. The van der Waals surface area contributed by atoms with Crippen molar-refractivity contribution in [1.82, 2.24) is 4.90 Å². The van der Waals surface area contributed by atoms with Gasteiger partial charge in [0, 0.05) is 37.4 Å². The number of hydrogen-bond donors (Lipinski definition) is 1. The summed E-state index contributed by atoms with van der Waals surface area (Å²) in [7, 11) is 0. The van der Waals surface area contributed by atoms with Crippen LogP contribution >= 0.6 is 11.6 Å². The molecule has 4 nitrogen and oxygen atoms in total. The van der Waals surface area contributed by atoms with Crippen LogP contribution in [0.1, 0.15) is 17.3 Å². The van der Waals surface area contributed by atoms with E-state index in [-0.39, 0.29) is 5.91 Å². The van der Waals surface area contributed by atoms with E-state index in [2.05, 4.69) is 22.0 Å². The van der Waals surface area contributed by atoms with Gasteiger partial charge in [-0.05, 0) is 47.6 Å². The SMILES string of the molecule is CCN1CCN(c2ccc(NC(=O)c3ccc4ccccc4c3)cc2Cl)CC1. The third-order valence-corrected chi connectivity index (χ3v) is 5.68. The molecule has 0 radical (unpaired) electrons. The highest BCUT2D eigenvalue weighted by atomic mass is 35.5. The van der Waals surface area contributed by atoms with Gasteiger partial charge >= 0.3 is 0 Å². The number of carbonyl (C=O) groups is 1. The zero-order valence-electron chi connectivity index (χ0n) is 16.0. The number of anilines is 2. The summed E-state index contributed by atoms with van der Waals surface area (Å²) in [6, 6.07) is 19.5. The van der Waals surface area contributed by atoms with Crippen molar-refractivity contribution in [1.29, 1.82) is 0 Å². The Bertz CT molecular complexity index is 996. The number of benzene rings is 3. The maximum absolute atomic E-state index is 12.7. The van der Waals surface area contributed by atoms with E-state index in [1.807, 2.05) is 60.7 Å². The van der Waals surface area contributed by atoms with E-state index in [0.717, 1.165) is 49.2 Å². The van der Waals surface area contributed by atoms with Gasteiger partial charge in [-0.15, -0.1) is 0 Å². The van der Waals surface area contributed by atoms with E-state index >= 15 is 0 Å². The molecule has 1 aliphatic heterocycles. The molecule has 1 aliphatic rings. The summed E-state index contributed by atoms with van der Waals surface area (Å²) in [5.74, 6) is -0.133. The van der Waals surface area contributed by atoms with Gasteiger partial charge in [0.25, 0.3) is 5.91 Å². The molecule has 0 atom stereocenters. The van der Waals surface area contributed by atoms with Crippen LogP contribution in [0.25, 0.3) is 10.8 Å². The Morgan fingerprint density at radius 2 is 1.71 bits per heavy atom. The number of nitrogens with zero attached hydrogens (tertiary/aromatic N) is 2. The molecule has 0 saturated carbocycles. The topological polar surface area (TPSA) is 35.6 Å². The minimum absolute atomic E-state index is 0.133. The van der Waals surface area contributed by atoms with E-state index in [1.54, 1.807) is 0 Å². The van der Waals surface area contributed by atoms with Crippen molar-refractivity contribution in [3.05, 3.63) is 71.2 Å². The molecule has 0 unspecified atom stereocenters. The molecular formula is C23H24ClN3O. The van der Waals surface area contributed by atoms with Crippen LogP contribution in [0.5, 0.6) is 0 Å². The number of nitrogens with one attached hydrogen (secondary N) is 1. The molecule has 0 bridgehead atoms. The molecule has 5 heteroatoms. The second kappa shape index (κ2) is 8.21. The second-order valence-corrected chi connectivity index (χ2v) is 7.51. The smallest absolute Gasteiger partial charge is 0.255 e. The molecule has 1 fully saturated rings. The molecule has 3 aromatic rings. The lowest BCUT2D eigenvalue weighted by Crippen LogP contribution is -2.46. The van der Waals surface area contributed by atoms with E-state index in [1.165, 1.54) is 0 Å². The van der Waals surface area contributed by atoms with Crippen LogP contribution < -0.4 is 10.2 Å². The highest BCUT2D eigenvalue weighted by Gasteiger charge is 2.18. The Morgan fingerprint density at radius 3 is 2.43 bits per heavy atom. The first-order chi connectivity index (χ1) is 13.6. The van der Waals surface area contributed by atoms with Crippen LogP contribution in [-0.4, -0.2) is 43.5 Å². The lowest BCUT2D eigenvalue weighted by molar-refractivity contribution is 0.102. The summed E-state index contributed by atoms with van der Waals surface area (Å²) in [6.45, 7) is 7.31. The molecule has 3 aromatic carbocycles. The van der Waals surface area contributed by atoms with E-state index in [4.69, 9.17) is 11.6 Å². The number of amides is 1. The Hall–Kier alpha value is -2.56. The summed E-state index contributed by atoms with van der Waals surface area (Å²) in [5.41, 5.74) is 2.37. The zero-order valence-corrected chi connectivity index (χ0v) is 16.7. The fraction of sp³-hybridized carbons (Fsp3) is 0.261. The van der Waals surface area contributed by atoms with Gasteiger partial charge in [-0.3, -0.25) is 4.79 Å². The molecule has 1 saturated heterocycles. The van der Waals surface area contributed by atoms with Crippen LogP contribution in [0, 0.1) is 0 Å². The first-order valence-corrected chi connectivity index (χ1v) is 10.1. The number of hydrogen-bond acceptors (Lipinski definition) is 3. The molecule has 0 aliphatic carbocycles. The number of carbonyl (C=O) groups excluding carboxylic acids is 1. The monoisotopic (exact) mass is 393 g/mol. The van der Waals surface area contributed by atoms with Gasteiger partial charge < -0.3 is 15.1 Å². The number of rotatable bonds is 4. The highest BCUT2D eigenvalue weighted by Crippen LogP contribution is 2.30. The van der Waals surface area contributed by atoms with Crippen molar-refractivity contribution < 1.29 is 4.79 Å². The highest BCUT2D eigenvalue weighted by molar-refractivity contribution is 6.33. The van der Waals surface area contributed by atoms with Crippen molar-refractivity contribution in [3.63, 3.8) is 0 Å². The molecule has 0 spiro atoms. The fourth-order valence-electron chi connectivity index (χ4n) is 3.68. The summed E-state index contributed by atoms with van der Waals surface area (Å²) in [6.07, 6.45) is 0. The van der Waals surface area contributed by atoms with Crippen molar-refractivity contribution in [2.45, 2.75) is 6.92 Å². The van der Waals surface area contributed by atoms with Crippen LogP contribution in [0.3, 0.4) is 0 Å². The standard InChI is InChI=1S/C23H24ClN3O/c1-2-26-11-13-27(14-12-26)22-10-9-20(16-21(22)24)25-23(28)19-8-7-17-5-3-4-6-18(17)15-19/h3-10,15-16H,2,11-14H2,1H3,(H,25,28). The predicted octanol–water partition coefficient (Wildman–Crippen LogP) is 4.89. The van der Waals surface area contributed by atoms with Gasteiger partial charge in [0.15, 0.2) is 0 Å². The zero-order chi connectivity index (χ0) is 19.5. The van der Waals surface area contributed by atoms with Gasteiger partial charge in [0.05, 0.1) is 10.7 Å². The van der Waals surface area contributed by atoms with Crippen LogP contribution in [0.4, 0.5) is 11.4 Å². The molecule has 1 N–H and O–H groups in total. The van der Waals surface area contributed by atoms with Gasteiger partial charge in [-0.25, -0.2) is 0 Å². The predicted molar refractivity (Wildman–Crippen MR) is 118 cm³/mol. The molecule has 1 heterocycles. The lowest BCUT2D eigenvalue weighted by Gasteiger charge is -2.36. The lowest BCUT2D eigenvalue weighted by atomic mass is 10.1. The maximum atomic E-state index is 12.7. The van der Waals surface area contributed by atoms with Crippen LogP contribution in [0.2, 0.25) is 5.02 Å². The Kier molecular flexibility index (Phi) is 5.51. The van der Waals surface area contributed by atoms with E-state index in [9.17, 15) is 4.79 Å². The number of likely N-dealkylation sites (N-methyl/N-ethyl adjacent to an activating group) is 1. The van der Waals surface area contributed by atoms with Gasteiger partial charge in [0.2, 0.25) is 0 Å². The van der Waals surface area contributed by atoms with Crippen LogP contribution in [0.15, 0.2) is 60.7 Å². The van der Waals surface area contributed by atoms with Crippen molar-refractivity contribution >= 4 is 39.7 Å². The average Bonchev–Trinajstić information content (AvgIpc) is 2.73. The fourth-order valence-corrected chi connectivity index (χ4v) is 3.98. The average molecular weight is 394 g/mol. The van der Waals surface area contributed by atoms with Gasteiger partial charge in [-0.1, -0.05) is 48.9 Å². The molecule has 144 valence electrons. The summed E-state index contributed by atoms with van der Waals surface area (Å²) >= 11 is 6.53. The Morgan fingerprint density at radius 1 is 0.964 bits per heavy atom. The van der Waals surface area contributed by atoms with Crippen molar-refractivity contribution in [2.75, 3.05) is 42.9 Å². The summed E-state index contributed by atoms with van der Waals surface area (Å²) < 4.78 is 0. The molecule has 0 aromatic heterocycles. The number of fused-ring (bicyclic) bond motifs is 1.